The van der Waals surface area contributed by atoms with E-state index in [9.17, 15) is 18.0 Å². The third-order valence-electron chi connectivity index (χ3n) is 6.99. The van der Waals surface area contributed by atoms with Crippen molar-refractivity contribution in [3.63, 3.8) is 0 Å². The molecule has 45 heavy (non-hydrogen) atoms. The normalized spacial score (nSPS) is 12.1. The van der Waals surface area contributed by atoms with Gasteiger partial charge in [-0.1, -0.05) is 99.3 Å². The number of hydrogen-bond donors (Lipinski definition) is 1. The van der Waals surface area contributed by atoms with E-state index in [0.717, 1.165) is 25.5 Å². The molecule has 4 aromatic rings. The molecule has 0 fully saturated rings. The molecule has 1 atom stereocenters. The Hall–Kier alpha value is -3.37. The third kappa shape index (κ3) is 9.33. The van der Waals surface area contributed by atoms with E-state index in [-0.39, 0.29) is 45.5 Å². The zero-order valence-corrected chi connectivity index (χ0v) is 29.0. The van der Waals surface area contributed by atoms with Gasteiger partial charge in [0.1, 0.15) is 12.6 Å². The Labute approximate surface area is 283 Å². The lowest BCUT2D eigenvalue weighted by molar-refractivity contribution is -0.140. The molecule has 7 nitrogen and oxygen atoms in total. The summed E-state index contributed by atoms with van der Waals surface area (Å²) < 4.78 is 30.1. The molecule has 0 bridgehead atoms. The van der Waals surface area contributed by atoms with E-state index in [2.05, 4.69) is 21.2 Å². The number of sulfonamides is 1. The second-order valence-corrected chi connectivity index (χ2v) is 14.6. The summed E-state index contributed by atoms with van der Waals surface area (Å²) >= 11 is 16.0. The Morgan fingerprint density at radius 2 is 1.44 bits per heavy atom. The minimum absolute atomic E-state index is 0.00477. The van der Waals surface area contributed by atoms with Crippen molar-refractivity contribution in [3.05, 3.63) is 128 Å². The first-order valence-corrected chi connectivity index (χ1v) is 17.3. The van der Waals surface area contributed by atoms with Gasteiger partial charge in [0.2, 0.25) is 11.8 Å². The van der Waals surface area contributed by atoms with Gasteiger partial charge in [0.15, 0.2) is 0 Å². The SMILES string of the molecule is Cc1ccc(S(=O)(=O)N(CC(=O)N(Cc2ccc(Br)cc2)[C@@H](Cc2ccccc2)C(=O)NC(C)C)c2cc(Cl)cc(Cl)c2)cc1. The predicted octanol–water partition coefficient (Wildman–Crippen LogP) is 7.42. The van der Waals surface area contributed by atoms with Crippen LogP contribution in [0.5, 0.6) is 0 Å². The molecule has 0 heterocycles. The molecule has 0 aliphatic heterocycles. The smallest absolute Gasteiger partial charge is 0.264 e. The van der Waals surface area contributed by atoms with Crippen LogP contribution in [0.2, 0.25) is 10.0 Å². The number of nitrogens with zero attached hydrogens (tertiary/aromatic N) is 2. The molecule has 4 rings (SSSR count). The van der Waals surface area contributed by atoms with Crippen LogP contribution in [0.15, 0.2) is 106 Å². The van der Waals surface area contributed by atoms with Crippen LogP contribution < -0.4 is 9.62 Å². The highest BCUT2D eigenvalue weighted by Crippen LogP contribution is 2.30. The second-order valence-electron chi connectivity index (χ2n) is 11.0. The molecule has 11 heteroatoms. The van der Waals surface area contributed by atoms with Gasteiger partial charge in [-0.25, -0.2) is 8.42 Å². The first-order valence-electron chi connectivity index (χ1n) is 14.3. The van der Waals surface area contributed by atoms with Gasteiger partial charge in [-0.2, -0.15) is 0 Å². The number of rotatable bonds is 12. The topological polar surface area (TPSA) is 86.8 Å². The van der Waals surface area contributed by atoms with Crippen molar-refractivity contribution < 1.29 is 18.0 Å². The summed E-state index contributed by atoms with van der Waals surface area (Å²) in [4.78, 5) is 29.7. The first-order chi connectivity index (χ1) is 21.3. The molecule has 0 aliphatic rings. The van der Waals surface area contributed by atoms with Crippen LogP contribution in [0.3, 0.4) is 0 Å². The monoisotopic (exact) mass is 729 g/mol. The van der Waals surface area contributed by atoms with Crippen molar-refractivity contribution in [1.29, 1.82) is 0 Å². The number of halogens is 3. The van der Waals surface area contributed by atoms with Crippen LogP contribution in [-0.4, -0.2) is 43.8 Å². The average Bonchev–Trinajstić information content (AvgIpc) is 2.98. The largest absolute Gasteiger partial charge is 0.352 e. The van der Waals surface area contributed by atoms with Crippen molar-refractivity contribution in [2.45, 2.75) is 50.7 Å². The third-order valence-corrected chi connectivity index (χ3v) is 9.74. The van der Waals surface area contributed by atoms with Gasteiger partial charge < -0.3 is 10.2 Å². The lowest BCUT2D eigenvalue weighted by Crippen LogP contribution is -2.54. The van der Waals surface area contributed by atoms with Crippen LogP contribution in [0, 0.1) is 6.92 Å². The fourth-order valence-corrected chi connectivity index (χ4v) is 6.95. The second kappa shape index (κ2) is 15.3. The van der Waals surface area contributed by atoms with E-state index in [1.54, 1.807) is 12.1 Å². The van der Waals surface area contributed by atoms with E-state index in [0.29, 0.717) is 0 Å². The molecule has 0 unspecified atom stereocenters. The van der Waals surface area contributed by atoms with Crippen LogP contribution in [0.25, 0.3) is 0 Å². The number of anilines is 1. The minimum Gasteiger partial charge on any atom is -0.352 e. The highest BCUT2D eigenvalue weighted by molar-refractivity contribution is 9.10. The molecule has 0 saturated heterocycles. The van der Waals surface area contributed by atoms with Crippen LogP contribution in [-0.2, 0) is 32.6 Å². The summed E-state index contributed by atoms with van der Waals surface area (Å²) in [5, 5.41) is 3.36. The van der Waals surface area contributed by atoms with E-state index >= 15 is 0 Å². The van der Waals surface area contributed by atoms with Crippen molar-refractivity contribution in [2.24, 2.45) is 0 Å². The Bertz CT molecular complexity index is 1720. The molecule has 4 aromatic carbocycles. The summed E-state index contributed by atoms with van der Waals surface area (Å²) in [7, 11) is -4.27. The van der Waals surface area contributed by atoms with E-state index in [4.69, 9.17) is 23.2 Å². The van der Waals surface area contributed by atoms with Gasteiger partial charge in [-0.3, -0.25) is 13.9 Å². The minimum atomic E-state index is -4.27. The Balaban J connectivity index is 1.82. The number of aryl methyl sites for hydroxylation is 1. The van der Waals surface area contributed by atoms with Gasteiger partial charge in [-0.05, 0) is 74.4 Å². The van der Waals surface area contributed by atoms with Crippen molar-refractivity contribution in [2.75, 3.05) is 10.8 Å². The Morgan fingerprint density at radius 1 is 0.844 bits per heavy atom. The number of carbonyl (C=O) groups is 2. The number of nitrogens with one attached hydrogen (secondary N) is 1. The lowest BCUT2D eigenvalue weighted by Gasteiger charge is -2.34. The molecule has 0 aromatic heterocycles. The fourth-order valence-electron chi connectivity index (χ4n) is 4.77. The van der Waals surface area contributed by atoms with Crippen molar-refractivity contribution >= 4 is 66.7 Å². The number of amides is 2. The number of benzene rings is 4. The number of carbonyl (C=O) groups excluding carboxylic acids is 2. The summed E-state index contributed by atoms with van der Waals surface area (Å²) in [6.45, 7) is 4.99. The van der Waals surface area contributed by atoms with Gasteiger partial charge in [0.05, 0.1) is 10.6 Å². The zero-order valence-electron chi connectivity index (χ0n) is 25.1. The van der Waals surface area contributed by atoms with Gasteiger partial charge in [0, 0.05) is 33.5 Å². The molecule has 1 N–H and O–H groups in total. The highest BCUT2D eigenvalue weighted by atomic mass is 79.9. The molecule has 0 saturated carbocycles. The fraction of sp³-hybridized carbons (Fsp3) is 0.235. The highest BCUT2D eigenvalue weighted by Gasteiger charge is 2.35. The maximum Gasteiger partial charge on any atom is 0.264 e. The maximum absolute atomic E-state index is 14.5. The molecular formula is C34H34BrCl2N3O4S. The zero-order chi connectivity index (χ0) is 32.7. The molecule has 0 aliphatic carbocycles. The maximum atomic E-state index is 14.5. The van der Waals surface area contributed by atoms with Gasteiger partial charge in [0.25, 0.3) is 10.0 Å². The Morgan fingerprint density at radius 3 is 2.02 bits per heavy atom. The van der Waals surface area contributed by atoms with Crippen LogP contribution >= 0.6 is 39.1 Å². The standard InChI is InChI=1S/C34H34BrCl2N3O4S/c1-23(2)38-34(42)32(17-25-7-5-4-6-8-25)39(21-26-11-13-27(35)14-12-26)33(41)22-40(30-19-28(36)18-29(37)20-30)45(43,44)31-15-9-24(3)10-16-31/h4-16,18-20,23,32H,17,21-22H2,1-3H3,(H,38,42)/t32-/m0/s1. The van der Waals surface area contributed by atoms with Crippen LogP contribution in [0.4, 0.5) is 5.69 Å². The molecule has 2 amide bonds. The lowest BCUT2D eigenvalue weighted by atomic mass is 10.0. The van der Waals surface area contributed by atoms with Crippen LogP contribution in [0.1, 0.15) is 30.5 Å². The van der Waals surface area contributed by atoms with Gasteiger partial charge >= 0.3 is 0 Å². The number of hydrogen-bond acceptors (Lipinski definition) is 4. The summed E-state index contributed by atoms with van der Waals surface area (Å²) in [5.74, 6) is -0.928. The molecule has 236 valence electrons. The summed E-state index contributed by atoms with van der Waals surface area (Å²) in [6.07, 6.45) is 0.218. The summed E-state index contributed by atoms with van der Waals surface area (Å²) in [5.41, 5.74) is 2.61. The van der Waals surface area contributed by atoms with Gasteiger partial charge in [-0.15, -0.1) is 0 Å². The summed E-state index contributed by atoms with van der Waals surface area (Å²) in [6, 6.07) is 26.4. The predicted molar refractivity (Wildman–Crippen MR) is 184 cm³/mol. The molecule has 0 spiro atoms. The van der Waals surface area contributed by atoms with Crippen molar-refractivity contribution in [3.8, 4) is 0 Å². The van der Waals surface area contributed by atoms with Crippen molar-refractivity contribution in [1.82, 2.24) is 10.2 Å². The quantitative estimate of drug-likeness (QED) is 0.164. The van der Waals surface area contributed by atoms with E-state index in [1.165, 1.54) is 35.2 Å². The molecule has 0 radical (unpaired) electrons. The Kier molecular flexibility index (Phi) is 11.7. The first kappa shape index (κ1) is 34.5. The van der Waals surface area contributed by atoms with E-state index in [1.807, 2.05) is 75.4 Å². The average molecular weight is 732 g/mol. The molecular weight excluding hydrogens is 697 g/mol. The van der Waals surface area contributed by atoms with E-state index < -0.39 is 28.5 Å².